The van der Waals surface area contributed by atoms with Crippen molar-refractivity contribution < 1.29 is 9.53 Å². The first-order valence-electron chi connectivity index (χ1n) is 6.77. The summed E-state index contributed by atoms with van der Waals surface area (Å²) in [6, 6.07) is 4.09. The summed E-state index contributed by atoms with van der Waals surface area (Å²) in [6.07, 6.45) is 5.87. The quantitative estimate of drug-likeness (QED) is 0.917. The molecule has 0 unspecified atom stereocenters. The molecule has 1 aliphatic rings. The normalized spacial score (nSPS) is 16.2. The Morgan fingerprint density at radius 2 is 2.00 bits per heavy atom. The maximum atomic E-state index is 12.4. The van der Waals surface area contributed by atoms with Crippen LogP contribution in [0, 0.1) is 6.92 Å². The smallest absolute Gasteiger partial charge is 0.255 e. The molecule has 1 N–H and O–H groups in total. The molecule has 0 heterocycles. The van der Waals surface area contributed by atoms with Crippen LogP contribution >= 0.6 is 15.9 Å². The highest BCUT2D eigenvalue weighted by atomic mass is 79.9. The van der Waals surface area contributed by atoms with Gasteiger partial charge in [-0.15, -0.1) is 0 Å². The van der Waals surface area contributed by atoms with Gasteiger partial charge in [0.15, 0.2) is 0 Å². The van der Waals surface area contributed by atoms with E-state index >= 15 is 0 Å². The summed E-state index contributed by atoms with van der Waals surface area (Å²) < 4.78 is 6.26. The highest BCUT2D eigenvalue weighted by molar-refractivity contribution is 9.10. The lowest BCUT2D eigenvalue weighted by atomic mass is 9.95. The lowest BCUT2D eigenvalue weighted by Gasteiger charge is -2.23. The second kappa shape index (κ2) is 6.42. The fraction of sp³-hybridized carbons (Fsp3) is 0.533. The fourth-order valence-corrected chi connectivity index (χ4v) is 3.25. The molecule has 3 nitrogen and oxygen atoms in total. The Hall–Kier alpha value is -1.03. The topological polar surface area (TPSA) is 38.3 Å². The molecule has 0 bridgehead atoms. The van der Waals surface area contributed by atoms with Crippen LogP contribution in [0.5, 0.6) is 5.75 Å². The molecule has 1 aliphatic carbocycles. The van der Waals surface area contributed by atoms with Gasteiger partial charge in [-0.25, -0.2) is 0 Å². The molecule has 0 aliphatic heterocycles. The highest BCUT2D eigenvalue weighted by Crippen LogP contribution is 2.28. The van der Waals surface area contributed by atoms with Gasteiger partial charge < -0.3 is 10.1 Å². The molecule has 0 radical (unpaired) electrons. The fourth-order valence-electron chi connectivity index (χ4n) is 2.68. The largest absolute Gasteiger partial charge is 0.496 e. The number of carbonyl (C=O) groups excluding carboxylic acids is 1. The lowest BCUT2D eigenvalue weighted by molar-refractivity contribution is 0.0924. The minimum Gasteiger partial charge on any atom is -0.496 e. The molecular formula is C15H20BrNO2. The Morgan fingerprint density at radius 3 is 2.63 bits per heavy atom. The van der Waals surface area contributed by atoms with E-state index in [0.717, 1.165) is 22.9 Å². The monoisotopic (exact) mass is 325 g/mol. The molecule has 4 heteroatoms. The molecule has 1 fully saturated rings. The number of hydrogen-bond acceptors (Lipinski definition) is 2. The number of ether oxygens (including phenoxy) is 1. The van der Waals surface area contributed by atoms with E-state index in [0.29, 0.717) is 17.4 Å². The van der Waals surface area contributed by atoms with Gasteiger partial charge in [0.25, 0.3) is 5.91 Å². The van der Waals surface area contributed by atoms with Crippen molar-refractivity contribution in [3.63, 3.8) is 0 Å². The maximum absolute atomic E-state index is 12.4. The summed E-state index contributed by atoms with van der Waals surface area (Å²) in [7, 11) is 1.60. The van der Waals surface area contributed by atoms with Gasteiger partial charge in [-0.05, 0) is 37.5 Å². The molecule has 1 aromatic rings. The molecule has 0 atom stereocenters. The number of amides is 1. The van der Waals surface area contributed by atoms with Gasteiger partial charge in [0.2, 0.25) is 0 Å². The van der Waals surface area contributed by atoms with E-state index in [-0.39, 0.29) is 5.91 Å². The van der Waals surface area contributed by atoms with Crippen LogP contribution in [-0.4, -0.2) is 19.1 Å². The molecule has 19 heavy (non-hydrogen) atoms. The Bertz CT molecular complexity index is 467. The lowest BCUT2D eigenvalue weighted by Crippen LogP contribution is -2.36. The number of halogens is 1. The van der Waals surface area contributed by atoms with Crippen molar-refractivity contribution in [2.75, 3.05) is 7.11 Å². The zero-order valence-corrected chi connectivity index (χ0v) is 13.0. The van der Waals surface area contributed by atoms with Gasteiger partial charge in [0, 0.05) is 10.5 Å². The van der Waals surface area contributed by atoms with Gasteiger partial charge >= 0.3 is 0 Å². The number of benzene rings is 1. The third-order valence-corrected chi connectivity index (χ3v) is 4.09. The predicted molar refractivity (Wildman–Crippen MR) is 79.8 cm³/mol. The van der Waals surface area contributed by atoms with Gasteiger partial charge in [0.1, 0.15) is 5.75 Å². The highest BCUT2D eigenvalue weighted by Gasteiger charge is 2.20. The molecule has 1 aromatic carbocycles. The van der Waals surface area contributed by atoms with Crippen LogP contribution in [0.25, 0.3) is 0 Å². The van der Waals surface area contributed by atoms with Gasteiger partial charge in [0.05, 0.1) is 12.7 Å². The minimum absolute atomic E-state index is 0.0341. The Morgan fingerprint density at radius 1 is 1.32 bits per heavy atom. The van der Waals surface area contributed by atoms with Crippen molar-refractivity contribution in [2.24, 2.45) is 0 Å². The van der Waals surface area contributed by atoms with Crippen molar-refractivity contribution >= 4 is 21.8 Å². The number of nitrogens with one attached hydrogen (secondary N) is 1. The van der Waals surface area contributed by atoms with Crippen molar-refractivity contribution in [1.82, 2.24) is 5.32 Å². The second-order valence-electron chi connectivity index (χ2n) is 5.11. The summed E-state index contributed by atoms with van der Waals surface area (Å²) in [6.45, 7) is 1.95. The number of hydrogen-bond donors (Lipinski definition) is 1. The number of methoxy groups -OCH3 is 1. The summed E-state index contributed by atoms with van der Waals surface area (Å²) in [5.74, 6) is 0.629. The average molecular weight is 326 g/mol. The molecule has 0 saturated heterocycles. The van der Waals surface area contributed by atoms with Crippen molar-refractivity contribution in [3.8, 4) is 5.75 Å². The standard InChI is InChI=1S/C15H20BrNO2/c1-10-8-11(16)9-13(14(10)19-2)15(18)17-12-6-4-3-5-7-12/h8-9,12H,3-7H2,1-2H3,(H,17,18). The molecule has 2 rings (SSSR count). The van der Waals surface area contributed by atoms with Crippen molar-refractivity contribution in [3.05, 3.63) is 27.7 Å². The van der Waals surface area contributed by atoms with Gasteiger partial charge in [-0.3, -0.25) is 4.79 Å². The zero-order valence-electron chi connectivity index (χ0n) is 11.5. The van der Waals surface area contributed by atoms with E-state index in [2.05, 4.69) is 21.2 Å². The molecular weight excluding hydrogens is 306 g/mol. The minimum atomic E-state index is -0.0341. The summed E-state index contributed by atoms with van der Waals surface area (Å²) in [5, 5.41) is 3.12. The number of rotatable bonds is 3. The third kappa shape index (κ3) is 3.50. The number of carbonyl (C=O) groups is 1. The van der Waals surface area contributed by atoms with Crippen LogP contribution in [0.15, 0.2) is 16.6 Å². The van der Waals surface area contributed by atoms with Crippen LogP contribution in [0.3, 0.4) is 0 Å². The van der Waals surface area contributed by atoms with Crippen LogP contribution in [0.4, 0.5) is 0 Å². The van der Waals surface area contributed by atoms with E-state index in [1.165, 1.54) is 19.3 Å². The molecule has 0 aromatic heterocycles. The zero-order chi connectivity index (χ0) is 13.8. The second-order valence-corrected chi connectivity index (χ2v) is 6.03. The van der Waals surface area contributed by atoms with Gasteiger partial charge in [-0.2, -0.15) is 0 Å². The van der Waals surface area contributed by atoms with Crippen LogP contribution in [0.1, 0.15) is 48.0 Å². The first-order valence-corrected chi connectivity index (χ1v) is 7.56. The van der Waals surface area contributed by atoms with Crippen molar-refractivity contribution in [2.45, 2.75) is 45.1 Å². The van der Waals surface area contributed by atoms with Gasteiger partial charge in [-0.1, -0.05) is 35.2 Å². The van der Waals surface area contributed by atoms with Crippen LogP contribution in [-0.2, 0) is 0 Å². The Balaban J connectivity index is 2.17. The third-order valence-electron chi connectivity index (χ3n) is 3.63. The first-order chi connectivity index (χ1) is 9.11. The number of aryl methyl sites for hydroxylation is 1. The first kappa shape index (κ1) is 14.4. The Kier molecular flexibility index (Phi) is 4.86. The van der Waals surface area contributed by atoms with Crippen LogP contribution < -0.4 is 10.1 Å². The van der Waals surface area contributed by atoms with E-state index < -0.39 is 0 Å². The summed E-state index contributed by atoms with van der Waals surface area (Å²) in [4.78, 5) is 12.4. The SMILES string of the molecule is COc1c(C)cc(Br)cc1C(=O)NC1CCCCC1. The Labute approximate surface area is 122 Å². The summed E-state index contributed by atoms with van der Waals surface area (Å²) in [5.41, 5.74) is 1.57. The van der Waals surface area contributed by atoms with Crippen LogP contribution in [0.2, 0.25) is 0 Å². The van der Waals surface area contributed by atoms with E-state index in [1.54, 1.807) is 7.11 Å². The maximum Gasteiger partial charge on any atom is 0.255 e. The van der Waals surface area contributed by atoms with E-state index in [4.69, 9.17) is 4.74 Å². The van der Waals surface area contributed by atoms with E-state index in [1.807, 2.05) is 19.1 Å². The average Bonchev–Trinajstić information content (AvgIpc) is 2.39. The molecule has 0 spiro atoms. The summed E-state index contributed by atoms with van der Waals surface area (Å²) >= 11 is 3.43. The molecule has 104 valence electrons. The van der Waals surface area contributed by atoms with E-state index in [9.17, 15) is 4.79 Å². The predicted octanol–water partition coefficient (Wildman–Crippen LogP) is 3.83. The molecule has 1 amide bonds. The molecule has 1 saturated carbocycles. The van der Waals surface area contributed by atoms with Crippen molar-refractivity contribution in [1.29, 1.82) is 0 Å².